The van der Waals surface area contributed by atoms with Gasteiger partial charge in [0, 0.05) is 26.2 Å². The van der Waals surface area contributed by atoms with Gasteiger partial charge in [0.25, 0.3) is 0 Å². The lowest BCUT2D eigenvalue weighted by molar-refractivity contribution is -0.156. The number of nitrogens with zero attached hydrogens (tertiary/aromatic N) is 2. The highest BCUT2D eigenvalue weighted by Gasteiger charge is 2.54. The fourth-order valence-corrected chi connectivity index (χ4v) is 2.56. The van der Waals surface area contributed by atoms with Crippen LogP contribution in [0, 0.1) is 5.41 Å². The molecule has 1 amide bonds. The molecule has 0 aromatic heterocycles. The molecular formula is C11H22N2O. The number of carbonyl (C=O) groups is 1. The molecule has 3 heteroatoms. The Labute approximate surface area is 87.1 Å². The fraction of sp³-hybridized carbons (Fsp3) is 0.909. The summed E-state index contributed by atoms with van der Waals surface area (Å²) < 4.78 is 0. The molecule has 0 N–H and O–H groups in total. The largest absolute Gasteiger partial charge is 0.344 e. The molecule has 1 spiro atoms. The Balaban J connectivity index is 0.000000980. The van der Waals surface area contributed by atoms with Gasteiger partial charge in [0.05, 0.1) is 5.41 Å². The van der Waals surface area contributed by atoms with Crippen LogP contribution in [0.2, 0.25) is 0 Å². The standard InChI is InChI=1S/C10H18N2O.CH4/c1-8(2)12-5-4-10(7-12)6-11(3)9(10)13;/h8H,4-7H2,1-3H3;1H4. The van der Waals surface area contributed by atoms with Crippen LogP contribution in [0.4, 0.5) is 0 Å². The van der Waals surface area contributed by atoms with Crippen LogP contribution in [-0.4, -0.2) is 48.4 Å². The molecule has 82 valence electrons. The molecule has 1 unspecified atom stereocenters. The summed E-state index contributed by atoms with van der Waals surface area (Å²) in [5.74, 6) is 0.357. The minimum atomic E-state index is 0. The molecule has 1 atom stereocenters. The molecule has 0 radical (unpaired) electrons. The zero-order valence-electron chi connectivity index (χ0n) is 8.71. The van der Waals surface area contributed by atoms with Gasteiger partial charge in [-0.05, 0) is 26.8 Å². The van der Waals surface area contributed by atoms with Gasteiger partial charge in [0.2, 0.25) is 5.91 Å². The lowest BCUT2D eigenvalue weighted by Crippen LogP contribution is -2.60. The Morgan fingerprint density at radius 1 is 1.36 bits per heavy atom. The van der Waals surface area contributed by atoms with Crippen molar-refractivity contribution >= 4 is 5.91 Å². The van der Waals surface area contributed by atoms with Gasteiger partial charge in [-0.3, -0.25) is 9.69 Å². The van der Waals surface area contributed by atoms with Crippen LogP contribution in [0.1, 0.15) is 27.7 Å². The van der Waals surface area contributed by atoms with Crippen molar-refractivity contribution in [3.8, 4) is 0 Å². The van der Waals surface area contributed by atoms with Gasteiger partial charge in [-0.15, -0.1) is 0 Å². The SMILES string of the molecule is C.CC(C)N1CCC2(CN(C)C2=O)C1. The van der Waals surface area contributed by atoms with E-state index in [9.17, 15) is 4.79 Å². The van der Waals surface area contributed by atoms with Crippen LogP contribution in [0.3, 0.4) is 0 Å². The average molecular weight is 198 g/mol. The molecule has 2 heterocycles. The van der Waals surface area contributed by atoms with E-state index in [1.165, 1.54) is 0 Å². The van der Waals surface area contributed by atoms with E-state index < -0.39 is 0 Å². The molecular weight excluding hydrogens is 176 g/mol. The van der Waals surface area contributed by atoms with Gasteiger partial charge in [-0.1, -0.05) is 7.43 Å². The number of likely N-dealkylation sites (tertiary alicyclic amines) is 2. The molecule has 2 fully saturated rings. The first-order valence-corrected chi connectivity index (χ1v) is 5.05. The second-order valence-electron chi connectivity index (χ2n) is 4.76. The summed E-state index contributed by atoms with van der Waals surface area (Å²) in [5.41, 5.74) is 0.0129. The van der Waals surface area contributed by atoms with Crippen molar-refractivity contribution in [2.75, 3.05) is 26.7 Å². The molecule has 14 heavy (non-hydrogen) atoms. The van der Waals surface area contributed by atoms with Crippen LogP contribution < -0.4 is 0 Å². The molecule has 2 aliphatic heterocycles. The second-order valence-corrected chi connectivity index (χ2v) is 4.76. The predicted octanol–water partition coefficient (Wildman–Crippen LogP) is 1.19. The monoisotopic (exact) mass is 198 g/mol. The molecule has 2 aliphatic rings. The third-order valence-corrected chi connectivity index (χ3v) is 3.45. The van der Waals surface area contributed by atoms with Crippen LogP contribution in [0.5, 0.6) is 0 Å². The first-order chi connectivity index (χ1) is 6.05. The third kappa shape index (κ3) is 1.44. The van der Waals surface area contributed by atoms with Crippen LogP contribution in [0.25, 0.3) is 0 Å². The summed E-state index contributed by atoms with van der Waals surface area (Å²) in [4.78, 5) is 15.9. The van der Waals surface area contributed by atoms with Gasteiger partial charge < -0.3 is 4.90 Å². The van der Waals surface area contributed by atoms with Crippen LogP contribution >= 0.6 is 0 Å². The van der Waals surface area contributed by atoms with Crippen molar-refractivity contribution in [1.82, 2.24) is 9.80 Å². The third-order valence-electron chi connectivity index (χ3n) is 3.45. The summed E-state index contributed by atoms with van der Waals surface area (Å²) in [6, 6.07) is 0.582. The van der Waals surface area contributed by atoms with E-state index >= 15 is 0 Å². The van der Waals surface area contributed by atoms with Crippen LogP contribution in [0.15, 0.2) is 0 Å². The van der Waals surface area contributed by atoms with Crippen molar-refractivity contribution in [3.63, 3.8) is 0 Å². The highest BCUT2D eigenvalue weighted by molar-refractivity contribution is 5.89. The van der Waals surface area contributed by atoms with Gasteiger partial charge in [0.1, 0.15) is 0 Å². The van der Waals surface area contributed by atoms with Gasteiger partial charge in [0.15, 0.2) is 0 Å². The number of amides is 1. The lowest BCUT2D eigenvalue weighted by Gasteiger charge is -2.44. The van der Waals surface area contributed by atoms with E-state index in [4.69, 9.17) is 0 Å². The van der Waals surface area contributed by atoms with Crippen molar-refractivity contribution in [2.45, 2.75) is 33.7 Å². The maximum Gasteiger partial charge on any atom is 0.231 e. The minimum absolute atomic E-state index is 0. The summed E-state index contributed by atoms with van der Waals surface area (Å²) in [5, 5.41) is 0. The van der Waals surface area contributed by atoms with Gasteiger partial charge >= 0.3 is 0 Å². The predicted molar refractivity (Wildman–Crippen MR) is 58.1 cm³/mol. The first-order valence-electron chi connectivity index (χ1n) is 5.05. The van der Waals surface area contributed by atoms with Crippen molar-refractivity contribution in [3.05, 3.63) is 0 Å². The van der Waals surface area contributed by atoms with Crippen LogP contribution in [-0.2, 0) is 4.79 Å². The Morgan fingerprint density at radius 3 is 2.36 bits per heavy atom. The first kappa shape index (κ1) is 11.5. The average Bonchev–Trinajstić information content (AvgIpc) is 2.51. The summed E-state index contributed by atoms with van der Waals surface area (Å²) >= 11 is 0. The quantitative estimate of drug-likeness (QED) is 0.591. The Bertz CT molecular complexity index is 239. The molecule has 0 bridgehead atoms. The van der Waals surface area contributed by atoms with E-state index in [1.807, 2.05) is 11.9 Å². The zero-order valence-corrected chi connectivity index (χ0v) is 8.71. The number of hydrogen-bond donors (Lipinski definition) is 0. The second kappa shape index (κ2) is 3.54. The summed E-state index contributed by atoms with van der Waals surface area (Å²) in [6.45, 7) is 7.44. The molecule has 0 saturated carbocycles. The molecule has 0 aromatic rings. The van der Waals surface area contributed by atoms with Gasteiger partial charge in [-0.25, -0.2) is 0 Å². The van der Waals surface area contributed by atoms with Crippen molar-refractivity contribution in [1.29, 1.82) is 0 Å². The van der Waals surface area contributed by atoms with Crippen molar-refractivity contribution < 1.29 is 4.79 Å². The number of carbonyl (C=O) groups excluding carboxylic acids is 1. The topological polar surface area (TPSA) is 23.6 Å². The van der Waals surface area contributed by atoms with E-state index in [2.05, 4.69) is 18.7 Å². The number of β-lactam (4-membered cyclic amide) rings is 1. The fourth-order valence-electron chi connectivity index (χ4n) is 2.56. The highest BCUT2D eigenvalue weighted by atomic mass is 16.2. The summed E-state index contributed by atoms with van der Waals surface area (Å²) in [7, 11) is 1.89. The smallest absolute Gasteiger partial charge is 0.231 e. The minimum Gasteiger partial charge on any atom is -0.344 e. The van der Waals surface area contributed by atoms with Gasteiger partial charge in [-0.2, -0.15) is 0 Å². The number of hydrogen-bond acceptors (Lipinski definition) is 2. The Morgan fingerprint density at radius 2 is 2.00 bits per heavy atom. The van der Waals surface area contributed by atoms with E-state index in [0.29, 0.717) is 11.9 Å². The highest BCUT2D eigenvalue weighted by Crippen LogP contribution is 2.40. The van der Waals surface area contributed by atoms with E-state index in [1.54, 1.807) is 0 Å². The molecule has 3 nitrogen and oxygen atoms in total. The normalized spacial score (nSPS) is 32.3. The number of rotatable bonds is 1. The van der Waals surface area contributed by atoms with Crippen molar-refractivity contribution in [2.24, 2.45) is 5.41 Å². The summed E-state index contributed by atoms with van der Waals surface area (Å²) in [6.07, 6.45) is 1.06. The zero-order chi connectivity index (χ0) is 9.64. The molecule has 2 saturated heterocycles. The maximum atomic E-state index is 11.7. The molecule has 0 aromatic carbocycles. The Kier molecular flexibility index (Phi) is 2.91. The Hall–Kier alpha value is -0.570. The molecule has 0 aliphatic carbocycles. The molecule has 2 rings (SSSR count). The van der Waals surface area contributed by atoms with E-state index in [-0.39, 0.29) is 12.8 Å². The van der Waals surface area contributed by atoms with E-state index in [0.717, 1.165) is 26.1 Å². The lowest BCUT2D eigenvalue weighted by atomic mass is 9.78. The maximum absolute atomic E-state index is 11.7.